The van der Waals surface area contributed by atoms with Gasteiger partial charge in [0.25, 0.3) is 0 Å². The fourth-order valence-corrected chi connectivity index (χ4v) is 1.59. The number of ether oxygens (including phenoxy) is 1. The number of aryl methyl sites for hydroxylation is 1. The maximum Gasteiger partial charge on any atom is 0.0620 e. The summed E-state index contributed by atoms with van der Waals surface area (Å²) in [4.78, 5) is 4.32. The quantitative estimate of drug-likeness (QED) is 0.801. The number of methoxy groups -OCH3 is 1. The minimum Gasteiger partial charge on any atom is -0.393 e. The third kappa shape index (κ3) is 4.29. The molecule has 1 N–H and O–H groups in total. The van der Waals surface area contributed by atoms with Crippen LogP contribution < -0.4 is 0 Å². The summed E-state index contributed by atoms with van der Waals surface area (Å²) in [5.74, 6) is 0. The monoisotopic (exact) mass is 223 g/mol. The molecular weight excluding hydrogens is 202 g/mol. The molecule has 0 spiro atoms. The van der Waals surface area contributed by atoms with Crippen LogP contribution in [0.1, 0.15) is 31.5 Å². The van der Waals surface area contributed by atoms with Crippen LogP contribution in [0.5, 0.6) is 0 Å². The first kappa shape index (κ1) is 13.1. The van der Waals surface area contributed by atoms with Gasteiger partial charge in [-0.3, -0.25) is 4.98 Å². The predicted octanol–water partition coefficient (Wildman–Crippen LogP) is 1.97. The molecule has 1 rings (SSSR count). The number of nitrogens with zero attached hydrogens (tertiary/aromatic N) is 1. The minimum atomic E-state index is -0.380. The number of aliphatic hydroxyl groups excluding tert-OH is 1. The summed E-state index contributed by atoms with van der Waals surface area (Å²) in [5.41, 5.74) is 2.16. The first-order chi connectivity index (χ1) is 7.65. The van der Waals surface area contributed by atoms with E-state index in [1.54, 1.807) is 7.11 Å². The van der Waals surface area contributed by atoms with Crippen LogP contribution >= 0.6 is 0 Å². The van der Waals surface area contributed by atoms with Crippen molar-refractivity contribution in [3.63, 3.8) is 0 Å². The van der Waals surface area contributed by atoms with E-state index in [9.17, 15) is 5.11 Å². The third-order valence-electron chi connectivity index (χ3n) is 2.75. The smallest absolute Gasteiger partial charge is 0.0620 e. The molecule has 0 aliphatic heterocycles. The second kappa shape index (κ2) is 6.61. The highest BCUT2D eigenvalue weighted by atomic mass is 16.5. The normalized spacial score (nSPS) is 14.8. The summed E-state index contributed by atoms with van der Waals surface area (Å²) in [6, 6.07) is 4.05. The molecule has 0 amide bonds. The Balaban J connectivity index is 2.46. The molecule has 0 bridgehead atoms. The first-order valence-electron chi connectivity index (χ1n) is 5.80. The Morgan fingerprint density at radius 2 is 2.19 bits per heavy atom. The first-order valence-corrected chi connectivity index (χ1v) is 5.80. The molecule has 0 saturated heterocycles. The molecule has 1 aromatic heterocycles. The van der Waals surface area contributed by atoms with Crippen LogP contribution in [0.3, 0.4) is 0 Å². The van der Waals surface area contributed by atoms with Crippen LogP contribution in [0.4, 0.5) is 0 Å². The second-order valence-corrected chi connectivity index (χ2v) is 4.15. The van der Waals surface area contributed by atoms with Gasteiger partial charge in [-0.2, -0.15) is 0 Å². The number of aromatic nitrogens is 1. The van der Waals surface area contributed by atoms with E-state index in [2.05, 4.69) is 18.0 Å². The Bertz CT molecular complexity index is 297. The molecule has 3 nitrogen and oxygen atoms in total. The Labute approximate surface area is 97.5 Å². The molecule has 2 atom stereocenters. The van der Waals surface area contributed by atoms with Crippen molar-refractivity contribution in [2.24, 2.45) is 0 Å². The third-order valence-corrected chi connectivity index (χ3v) is 2.75. The van der Waals surface area contributed by atoms with E-state index in [-0.39, 0.29) is 12.2 Å². The Kier molecular flexibility index (Phi) is 5.43. The molecular formula is C13H21NO2. The summed E-state index contributed by atoms with van der Waals surface area (Å²) in [6.45, 7) is 4.06. The number of hydrogen-bond donors (Lipinski definition) is 1. The largest absolute Gasteiger partial charge is 0.393 e. The van der Waals surface area contributed by atoms with Crippen LogP contribution in [0.2, 0.25) is 0 Å². The van der Waals surface area contributed by atoms with Gasteiger partial charge in [-0.25, -0.2) is 0 Å². The maximum absolute atomic E-state index is 9.81. The number of pyridine rings is 1. The van der Waals surface area contributed by atoms with Crippen LogP contribution in [0, 0.1) is 0 Å². The highest BCUT2D eigenvalue weighted by molar-refractivity contribution is 5.14. The maximum atomic E-state index is 9.81. The lowest BCUT2D eigenvalue weighted by molar-refractivity contribution is 0.0562. The zero-order valence-electron chi connectivity index (χ0n) is 10.3. The van der Waals surface area contributed by atoms with Gasteiger partial charge < -0.3 is 9.84 Å². The highest BCUT2D eigenvalue weighted by Gasteiger charge is 2.10. The van der Waals surface area contributed by atoms with E-state index in [1.807, 2.05) is 19.2 Å². The Morgan fingerprint density at radius 3 is 2.69 bits per heavy atom. The Morgan fingerprint density at radius 1 is 1.44 bits per heavy atom. The summed E-state index contributed by atoms with van der Waals surface area (Å²) in [5, 5.41) is 9.81. The second-order valence-electron chi connectivity index (χ2n) is 4.15. The molecule has 0 radical (unpaired) electrons. The van der Waals surface area contributed by atoms with Gasteiger partial charge in [0, 0.05) is 25.4 Å². The van der Waals surface area contributed by atoms with E-state index in [1.165, 1.54) is 5.56 Å². The highest BCUT2D eigenvalue weighted by Crippen LogP contribution is 2.08. The molecule has 0 aliphatic carbocycles. The van der Waals surface area contributed by atoms with Crippen LogP contribution in [-0.2, 0) is 17.6 Å². The van der Waals surface area contributed by atoms with Gasteiger partial charge in [0.1, 0.15) is 0 Å². The molecule has 0 aliphatic rings. The molecule has 1 heterocycles. The van der Waals surface area contributed by atoms with Crippen molar-refractivity contribution in [2.45, 2.75) is 45.3 Å². The molecule has 2 unspecified atom stereocenters. The van der Waals surface area contributed by atoms with E-state index in [0.29, 0.717) is 12.8 Å². The number of aliphatic hydroxyl groups is 1. The van der Waals surface area contributed by atoms with Crippen LogP contribution in [0.15, 0.2) is 18.3 Å². The van der Waals surface area contributed by atoms with Crippen molar-refractivity contribution in [2.75, 3.05) is 7.11 Å². The van der Waals surface area contributed by atoms with Crippen LogP contribution in [0.25, 0.3) is 0 Å². The van der Waals surface area contributed by atoms with E-state index >= 15 is 0 Å². The SMILES string of the molecule is CCc1ccc(CC(O)CC(C)OC)nc1. The molecule has 90 valence electrons. The molecule has 3 heteroatoms. The van der Waals surface area contributed by atoms with Crippen molar-refractivity contribution >= 4 is 0 Å². The van der Waals surface area contributed by atoms with Crippen molar-refractivity contribution in [1.29, 1.82) is 0 Å². The van der Waals surface area contributed by atoms with E-state index in [4.69, 9.17) is 4.74 Å². The van der Waals surface area contributed by atoms with Gasteiger partial charge in [-0.05, 0) is 31.4 Å². The minimum absolute atomic E-state index is 0.0879. The summed E-state index contributed by atoms with van der Waals surface area (Å²) in [7, 11) is 1.66. The summed E-state index contributed by atoms with van der Waals surface area (Å²) < 4.78 is 5.11. The fraction of sp³-hybridized carbons (Fsp3) is 0.615. The van der Waals surface area contributed by atoms with Gasteiger partial charge in [-0.15, -0.1) is 0 Å². The summed E-state index contributed by atoms with van der Waals surface area (Å²) >= 11 is 0. The molecule has 16 heavy (non-hydrogen) atoms. The van der Waals surface area contributed by atoms with Crippen molar-refractivity contribution in [1.82, 2.24) is 4.98 Å². The van der Waals surface area contributed by atoms with Gasteiger partial charge in [0.05, 0.1) is 12.2 Å². The number of hydrogen-bond acceptors (Lipinski definition) is 3. The van der Waals surface area contributed by atoms with Gasteiger partial charge in [0.2, 0.25) is 0 Å². The van der Waals surface area contributed by atoms with Crippen molar-refractivity contribution in [3.8, 4) is 0 Å². The van der Waals surface area contributed by atoms with Gasteiger partial charge >= 0.3 is 0 Å². The molecule has 0 fully saturated rings. The average molecular weight is 223 g/mol. The standard InChI is InChI=1S/C13H21NO2/c1-4-11-5-6-12(14-9-11)8-13(15)7-10(2)16-3/h5-6,9-10,13,15H,4,7-8H2,1-3H3. The molecule has 0 saturated carbocycles. The van der Waals surface area contributed by atoms with Crippen molar-refractivity contribution < 1.29 is 9.84 Å². The predicted molar refractivity (Wildman–Crippen MR) is 64.4 cm³/mol. The van der Waals surface area contributed by atoms with E-state index < -0.39 is 0 Å². The average Bonchev–Trinajstić information content (AvgIpc) is 2.29. The van der Waals surface area contributed by atoms with Gasteiger partial charge in [0.15, 0.2) is 0 Å². The van der Waals surface area contributed by atoms with E-state index in [0.717, 1.165) is 12.1 Å². The molecule has 1 aromatic rings. The van der Waals surface area contributed by atoms with Gasteiger partial charge in [-0.1, -0.05) is 13.0 Å². The summed E-state index contributed by atoms with van der Waals surface area (Å²) in [6.07, 6.45) is 3.82. The van der Waals surface area contributed by atoms with Crippen LogP contribution in [-0.4, -0.2) is 29.4 Å². The number of rotatable bonds is 6. The lowest BCUT2D eigenvalue weighted by atomic mass is 10.1. The van der Waals surface area contributed by atoms with Crippen molar-refractivity contribution in [3.05, 3.63) is 29.6 Å². The molecule has 0 aromatic carbocycles. The fourth-order valence-electron chi connectivity index (χ4n) is 1.59. The topological polar surface area (TPSA) is 42.4 Å². The zero-order chi connectivity index (χ0) is 12.0. The zero-order valence-corrected chi connectivity index (χ0v) is 10.3. The lowest BCUT2D eigenvalue weighted by Gasteiger charge is -2.14. The lowest BCUT2D eigenvalue weighted by Crippen LogP contribution is -2.19. The Hall–Kier alpha value is -0.930.